The molecule has 1 aliphatic rings. The number of hydrogen-bond acceptors (Lipinski definition) is 4. The molecule has 2 N–H and O–H groups in total. The maximum Gasteiger partial charge on any atom is 0.251 e. The maximum absolute atomic E-state index is 13.9. The Morgan fingerprint density at radius 3 is 2.84 bits per heavy atom. The van der Waals surface area contributed by atoms with Gasteiger partial charge in [0.2, 0.25) is 0 Å². The average molecular weight is 343 g/mol. The zero-order valence-corrected chi connectivity index (χ0v) is 13.2. The van der Waals surface area contributed by atoms with E-state index in [-0.39, 0.29) is 11.9 Å². The van der Waals surface area contributed by atoms with E-state index >= 15 is 0 Å². The lowest BCUT2D eigenvalue weighted by atomic mass is 10.1. The lowest BCUT2D eigenvalue weighted by molar-refractivity contribution is 0.0940. The monoisotopic (exact) mass is 343 g/mol. The van der Waals surface area contributed by atoms with E-state index < -0.39 is 11.6 Å². The molecule has 2 aromatic carbocycles. The van der Waals surface area contributed by atoms with Gasteiger partial charge in [-0.15, -0.1) is 0 Å². The summed E-state index contributed by atoms with van der Waals surface area (Å²) in [6.45, 7) is 1.07. The van der Waals surface area contributed by atoms with Crippen molar-refractivity contribution in [2.45, 2.75) is 12.5 Å². The van der Waals surface area contributed by atoms with Gasteiger partial charge in [-0.05, 0) is 36.8 Å². The smallest absolute Gasteiger partial charge is 0.251 e. The van der Waals surface area contributed by atoms with Crippen LogP contribution in [0, 0.1) is 11.6 Å². The van der Waals surface area contributed by atoms with Crippen LogP contribution in [0.2, 0.25) is 0 Å². The Balaban J connectivity index is 1.44. The van der Waals surface area contributed by atoms with Crippen molar-refractivity contribution in [1.82, 2.24) is 20.7 Å². The number of rotatable bonds is 3. The van der Waals surface area contributed by atoms with Crippen LogP contribution in [-0.4, -0.2) is 40.4 Å². The number of benzene rings is 2. The third-order valence-corrected chi connectivity index (χ3v) is 4.35. The Hall–Kier alpha value is -3.03. The standard InChI is InChI=1S/C17H15F2N5O/c18-11-2-4-16(13(19)8-11)24-6-5-12(9-24)20-17(25)10-1-3-14-15(7-10)22-23-21-14/h1-4,7-8,12H,5-6,9H2,(H,20,25)(H,21,22,23)/t12-/m0/s1. The van der Waals surface area contributed by atoms with Gasteiger partial charge in [-0.25, -0.2) is 8.78 Å². The van der Waals surface area contributed by atoms with Crippen LogP contribution in [-0.2, 0) is 0 Å². The fourth-order valence-corrected chi connectivity index (χ4v) is 3.08. The van der Waals surface area contributed by atoms with Crippen LogP contribution in [0.1, 0.15) is 16.8 Å². The van der Waals surface area contributed by atoms with Crippen LogP contribution >= 0.6 is 0 Å². The van der Waals surface area contributed by atoms with Crippen molar-refractivity contribution in [1.29, 1.82) is 0 Å². The molecule has 6 nitrogen and oxygen atoms in total. The van der Waals surface area contributed by atoms with Crippen molar-refractivity contribution >= 4 is 22.6 Å². The summed E-state index contributed by atoms with van der Waals surface area (Å²) in [5, 5.41) is 13.4. The first-order chi connectivity index (χ1) is 12.1. The summed E-state index contributed by atoms with van der Waals surface area (Å²) >= 11 is 0. The van der Waals surface area contributed by atoms with Gasteiger partial charge in [-0.1, -0.05) is 0 Å². The molecule has 25 heavy (non-hydrogen) atoms. The van der Waals surface area contributed by atoms with Gasteiger partial charge in [0.15, 0.2) is 0 Å². The maximum atomic E-state index is 13.9. The highest BCUT2D eigenvalue weighted by atomic mass is 19.1. The van der Waals surface area contributed by atoms with Crippen molar-refractivity contribution < 1.29 is 13.6 Å². The molecule has 4 rings (SSSR count). The van der Waals surface area contributed by atoms with Crippen LogP contribution in [0.5, 0.6) is 0 Å². The third-order valence-electron chi connectivity index (χ3n) is 4.35. The van der Waals surface area contributed by atoms with Crippen LogP contribution in [0.4, 0.5) is 14.5 Å². The molecule has 3 aromatic rings. The molecule has 1 aromatic heterocycles. The topological polar surface area (TPSA) is 73.9 Å². The summed E-state index contributed by atoms with van der Waals surface area (Å²) in [5.74, 6) is -1.41. The minimum Gasteiger partial charge on any atom is -0.367 e. The normalized spacial score (nSPS) is 17.2. The fraction of sp³-hybridized carbons (Fsp3) is 0.235. The largest absolute Gasteiger partial charge is 0.367 e. The number of hydrogen-bond donors (Lipinski definition) is 2. The molecule has 1 amide bonds. The number of aromatic nitrogens is 3. The third kappa shape index (κ3) is 3.02. The Bertz CT molecular complexity index is 942. The van der Waals surface area contributed by atoms with Crippen LogP contribution in [0.25, 0.3) is 11.0 Å². The number of nitrogens with one attached hydrogen (secondary N) is 2. The molecule has 8 heteroatoms. The highest BCUT2D eigenvalue weighted by Gasteiger charge is 2.26. The van der Waals surface area contributed by atoms with Crippen LogP contribution < -0.4 is 10.2 Å². The van der Waals surface area contributed by atoms with E-state index in [1.54, 1.807) is 23.1 Å². The molecule has 0 aliphatic carbocycles. The highest BCUT2D eigenvalue weighted by molar-refractivity contribution is 5.97. The quantitative estimate of drug-likeness (QED) is 0.765. The molecule has 0 radical (unpaired) electrons. The van der Waals surface area contributed by atoms with Gasteiger partial charge in [0.25, 0.3) is 5.91 Å². The van der Waals surface area contributed by atoms with Crippen molar-refractivity contribution in [3.8, 4) is 0 Å². The summed E-state index contributed by atoms with van der Waals surface area (Å²) in [6.07, 6.45) is 0.689. The number of halogens is 2. The van der Waals surface area contributed by atoms with Gasteiger partial charge in [0.1, 0.15) is 22.7 Å². The minimum atomic E-state index is -0.603. The van der Waals surface area contributed by atoms with E-state index in [1.165, 1.54) is 12.1 Å². The molecule has 128 valence electrons. The number of amides is 1. The van der Waals surface area contributed by atoms with E-state index in [0.29, 0.717) is 41.8 Å². The first-order valence-electron chi connectivity index (χ1n) is 7.91. The molecule has 0 bridgehead atoms. The number of fused-ring (bicyclic) bond motifs is 1. The molecule has 1 aliphatic heterocycles. The lowest BCUT2D eigenvalue weighted by Gasteiger charge is -2.19. The Kier molecular flexibility index (Phi) is 3.79. The molecule has 0 saturated carbocycles. The van der Waals surface area contributed by atoms with E-state index in [1.807, 2.05) is 0 Å². The van der Waals surface area contributed by atoms with E-state index in [4.69, 9.17) is 0 Å². The summed E-state index contributed by atoms with van der Waals surface area (Å²) in [7, 11) is 0. The molecular weight excluding hydrogens is 328 g/mol. The highest BCUT2D eigenvalue weighted by Crippen LogP contribution is 2.24. The fourth-order valence-electron chi connectivity index (χ4n) is 3.08. The van der Waals surface area contributed by atoms with Crippen LogP contribution in [0.3, 0.4) is 0 Å². The van der Waals surface area contributed by atoms with Crippen molar-refractivity contribution in [2.24, 2.45) is 0 Å². The summed E-state index contributed by atoms with van der Waals surface area (Å²) < 4.78 is 26.9. The average Bonchev–Trinajstić information content (AvgIpc) is 3.23. The molecule has 0 unspecified atom stereocenters. The van der Waals surface area contributed by atoms with Gasteiger partial charge in [0.05, 0.1) is 5.69 Å². The second-order valence-electron chi connectivity index (χ2n) is 6.03. The number of anilines is 1. The molecular formula is C17H15F2N5O. The number of carbonyl (C=O) groups is 1. The van der Waals surface area contributed by atoms with Crippen molar-refractivity contribution in [3.63, 3.8) is 0 Å². The van der Waals surface area contributed by atoms with Gasteiger partial charge in [-0.2, -0.15) is 15.4 Å². The number of carbonyl (C=O) groups excluding carboxylic acids is 1. The first-order valence-corrected chi connectivity index (χ1v) is 7.91. The Morgan fingerprint density at radius 1 is 1.16 bits per heavy atom. The minimum absolute atomic E-state index is 0.107. The van der Waals surface area contributed by atoms with E-state index in [2.05, 4.69) is 20.7 Å². The summed E-state index contributed by atoms with van der Waals surface area (Å²) in [5.41, 5.74) is 2.15. The summed E-state index contributed by atoms with van der Waals surface area (Å²) in [4.78, 5) is 14.2. The van der Waals surface area contributed by atoms with E-state index in [9.17, 15) is 13.6 Å². The van der Waals surface area contributed by atoms with Gasteiger partial charge in [0, 0.05) is 30.8 Å². The van der Waals surface area contributed by atoms with Gasteiger partial charge >= 0.3 is 0 Å². The summed E-state index contributed by atoms with van der Waals surface area (Å²) in [6, 6.07) is 8.50. The zero-order valence-electron chi connectivity index (χ0n) is 13.2. The number of H-pyrrole nitrogens is 1. The molecule has 1 fully saturated rings. The Morgan fingerprint density at radius 2 is 2.00 bits per heavy atom. The van der Waals surface area contributed by atoms with Crippen molar-refractivity contribution in [2.75, 3.05) is 18.0 Å². The number of aromatic amines is 1. The second kappa shape index (κ2) is 6.12. The lowest BCUT2D eigenvalue weighted by Crippen LogP contribution is -2.37. The zero-order chi connectivity index (χ0) is 17.4. The number of nitrogens with zero attached hydrogens (tertiary/aromatic N) is 3. The first kappa shape index (κ1) is 15.5. The second-order valence-corrected chi connectivity index (χ2v) is 6.03. The predicted molar refractivity (Wildman–Crippen MR) is 88.3 cm³/mol. The SMILES string of the molecule is O=C(N[C@H]1CCN(c2ccc(F)cc2F)C1)c1ccc2n[nH]nc2c1. The molecule has 1 atom stereocenters. The van der Waals surface area contributed by atoms with Crippen LogP contribution in [0.15, 0.2) is 36.4 Å². The predicted octanol–water partition coefficient (Wildman–Crippen LogP) is 2.24. The van der Waals surface area contributed by atoms with E-state index in [0.717, 1.165) is 6.07 Å². The van der Waals surface area contributed by atoms with Crippen molar-refractivity contribution in [3.05, 3.63) is 53.6 Å². The molecule has 2 heterocycles. The van der Waals surface area contributed by atoms with Gasteiger partial charge < -0.3 is 10.2 Å². The molecule has 1 saturated heterocycles. The molecule has 0 spiro atoms. The Labute approximate surface area is 141 Å². The van der Waals surface area contributed by atoms with Gasteiger partial charge in [-0.3, -0.25) is 4.79 Å².